The van der Waals surface area contributed by atoms with Gasteiger partial charge in [0.25, 0.3) is 0 Å². The number of rotatable bonds is 1. The summed E-state index contributed by atoms with van der Waals surface area (Å²) >= 11 is 3.60. The van der Waals surface area contributed by atoms with Crippen molar-refractivity contribution in [2.45, 2.75) is 19.3 Å². The minimum absolute atomic E-state index is 0. The first-order chi connectivity index (χ1) is 6.83. The van der Waals surface area contributed by atoms with Crippen molar-refractivity contribution in [2.75, 3.05) is 19.0 Å². The first-order valence-electron chi connectivity index (χ1n) is 4.92. The molecule has 1 heterocycles. The van der Waals surface area contributed by atoms with Gasteiger partial charge >= 0.3 is 0 Å². The van der Waals surface area contributed by atoms with Gasteiger partial charge in [0.15, 0.2) is 0 Å². The highest BCUT2D eigenvalue weighted by molar-refractivity contribution is 9.10. The fourth-order valence-corrected chi connectivity index (χ4v) is 2.52. The molecule has 0 atom stereocenters. The summed E-state index contributed by atoms with van der Waals surface area (Å²) in [4.78, 5) is 0. The molecule has 0 aliphatic carbocycles. The summed E-state index contributed by atoms with van der Waals surface area (Å²) in [7, 11) is 1.70. The smallest absolute Gasteiger partial charge is 0.133 e. The minimum Gasteiger partial charge on any atom is -0.496 e. The van der Waals surface area contributed by atoms with Gasteiger partial charge in [0.05, 0.1) is 11.6 Å². The lowest BCUT2D eigenvalue weighted by molar-refractivity contribution is 0.411. The third kappa shape index (κ3) is 2.58. The number of anilines is 1. The quantitative estimate of drug-likeness (QED) is 0.853. The Bertz CT molecular complexity index is 344. The van der Waals surface area contributed by atoms with Crippen LogP contribution in [0.5, 0.6) is 5.75 Å². The Morgan fingerprint density at radius 2 is 2.13 bits per heavy atom. The third-order valence-electron chi connectivity index (χ3n) is 2.60. The summed E-state index contributed by atoms with van der Waals surface area (Å²) in [5, 5.41) is 3.43. The largest absolute Gasteiger partial charge is 0.496 e. The zero-order valence-electron chi connectivity index (χ0n) is 8.68. The first-order valence-corrected chi connectivity index (χ1v) is 5.71. The molecule has 1 aromatic carbocycles. The second-order valence-electron chi connectivity index (χ2n) is 3.49. The van der Waals surface area contributed by atoms with E-state index < -0.39 is 0 Å². The SMILES string of the molecule is COc1ccc2c(c1Br)CCCCN2.Cl. The van der Waals surface area contributed by atoms with Gasteiger partial charge in [-0.2, -0.15) is 0 Å². The van der Waals surface area contributed by atoms with Gasteiger partial charge in [-0.3, -0.25) is 0 Å². The fourth-order valence-electron chi connectivity index (χ4n) is 1.82. The molecule has 0 fully saturated rings. The van der Waals surface area contributed by atoms with E-state index in [2.05, 4.69) is 27.3 Å². The molecule has 0 aromatic heterocycles. The molecule has 4 heteroatoms. The Labute approximate surface area is 105 Å². The average molecular weight is 293 g/mol. The lowest BCUT2D eigenvalue weighted by Crippen LogP contribution is -2.00. The molecule has 2 rings (SSSR count). The average Bonchev–Trinajstić information content (AvgIpc) is 2.44. The van der Waals surface area contributed by atoms with Crippen LogP contribution >= 0.6 is 28.3 Å². The number of methoxy groups -OCH3 is 1. The number of benzene rings is 1. The Kier molecular flexibility index (Phi) is 4.74. The van der Waals surface area contributed by atoms with E-state index in [9.17, 15) is 0 Å². The van der Waals surface area contributed by atoms with Crippen LogP contribution in [0.2, 0.25) is 0 Å². The molecule has 0 saturated heterocycles. The highest BCUT2D eigenvalue weighted by atomic mass is 79.9. The first kappa shape index (κ1) is 12.7. The van der Waals surface area contributed by atoms with Gasteiger partial charge in [-0.25, -0.2) is 0 Å². The van der Waals surface area contributed by atoms with Crippen LogP contribution in [0.4, 0.5) is 5.69 Å². The summed E-state index contributed by atoms with van der Waals surface area (Å²) in [5.41, 5.74) is 2.59. The van der Waals surface area contributed by atoms with E-state index >= 15 is 0 Å². The van der Waals surface area contributed by atoms with Crippen molar-refractivity contribution < 1.29 is 4.74 Å². The summed E-state index contributed by atoms with van der Waals surface area (Å²) in [6.45, 7) is 1.08. The fraction of sp³-hybridized carbons (Fsp3) is 0.455. The topological polar surface area (TPSA) is 21.3 Å². The molecular formula is C11H15BrClNO. The Balaban J connectivity index is 0.00000112. The van der Waals surface area contributed by atoms with Crippen molar-refractivity contribution in [3.63, 3.8) is 0 Å². The monoisotopic (exact) mass is 291 g/mol. The van der Waals surface area contributed by atoms with Crippen LogP contribution in [0.3, 0.4) is 0 Å². The van der Waals surface area contributed by atoms with Crippen LogP contribution in [-0.2, 0) is 6.42 Å². The molecule has 1 aromatic rings. The van der Waals surface area contributed by atoms with Crippen molar-refractivity contribution in [2.24, 2.45) is 0 Å². The van der Waals surface area contributed by atoms with Gasteiger partial charge in [-0.05, 0) is 52.9 Å². The van der Waals surface area contributed by atoms with Crippen molar-refractivity contribution in [3.05, 3.63) is 22.2 Å². The number of nitrogens with one attached hydrogen (secondary N) is 1. The number of halogens is 2. The van der Waals surface area contributed by atoms with E-state index in [1.165, 1.54) is 24.1 Å². The van der Waals surface area contributed by atoms with Crippen molar-refractivity contribution in [3.8, 4) is 5.75 Å². The van der Waals surface area contributed by atoms with Crippen LogP contribution in [0.15, 0.2) is 16.6 Å². The van der Waals surface area contributed by atoms with Gasteiger partial charge in [0.1, 0.15) is 5.75 Å². The summed E-state index contributed by atoms with van der Waals surface area (Å²) in [6.07, 6.45) is 3.61. The number of hydrogen-bond donors (Lipinski definition) is 1. The Morgan fingerprint density at radius 1 is 1.33 bits per heavy atom. The summed E-state index contributed by atoms with van der Waals surface area (Å²) in [6, 6.07) is 4.10. The number of fused-ring (bicyclic) bond motifs is 1. The molecule has 1 N–H and O–H groups in total. The zero-order valence-corrected chi connectivity index (χ0v) is 11.1. The van der Waals surface area contributed by atoms with Crippen molar-refractivity contribution >= 4 is 34.0 Å². The van der Waals surface area contributed by atoms with Crippen LogP contribution in [0, 0.1) is 0 Å². The van der Waals surface area contributed by atoms with E-state index in [-0.39, 0.29) is 12.4 Å². The molecule has 2 nitrogen and oxygen atoms in total. The van der Waals surface area contributed by atoms with E-state index in [1.54, 1.807) is 7.11 Å². The molecule has 0 saturated carbocycles. The standard InChI is InChI=1S/C11H14BrNO.ClH/c1-14-10-6-5-9-8(11(10)12)4-2-3-7-13-9;/h5-6,13H,2-4,7H2,1H3;1H. The maximum Gasteiger partial charge on any atom is 0.133 e. The maximum absolute atomic E-state index is 5.28. The molecule has 1 aliphatic rings. The molecule has 0 bridgehead atoms. The molecule has 0 radical (unpaired) electrons. The lowest BCUT2D eigenvalue weighted by atomic mass is 10.1. The Hall–Kier alpha value is -0.410. The Morgan fingerprint density at radius 3 is 2.87 bits per heavy atom. The molecule has 0 unspecified atom stereocenters. The van der Waals surface area contributed by atoms with E-state index in [1.807, 2.05) is 6.07 Å². The maximum atomic E-state index is 5.28. The van der Waals surface area contributed by atoms with Crippen LogP contribution in [0.1, 0.15) is 18.4 Å². The van der Waals surface area contributed by atoms with Gasteiger partial charge in [-0.1, -0.05) is 0 Å². The van der Waals surface area contributed by atoms with E-state index in [0.717, 1.165) is 23.2 Å². The van der Waals surface area contributed by atoms with Gasteiger partial charge < -0.3 is 10.1 Å². The van der Waals surface area contributed by atoms with Crippen LogP contribution < -0.4 is 10.1 Å². The van der Waals surface area contributed by atoms with E-state index in [0.29, 0.717) is 0 Å². The summed E-state index contributed by atoms with van der Waals surface area (Å²) in [5.74, 6) is 0.924. The van der Waals surface area contributed by atoms with Gasteiger partial charge in [-0.15, -0.1) is 12.4 Å². The lowest BCUT2D eigenvalue weighted by Gasteiger charge is -2.12. The van der Waals surface area contributed by atoms with Gasteiger partial charge in [0.2, 0.25) is 0 Å². The van der Waals surface area contributed by atoms with Gasteiger partial charge in [0, 0.05) is 12.2 Å². The second kappa shape index (κ2) is 5.61. The molecule has 84 valence electrons. The van der Waals surface area contributed by atoms with Crippen LogP contribution in [-0.4, -0.2) is 13.7 Å². The van der Waals surface area contributed by atoms with Crippen LogP contribution in [0.25, 0.3) is 0 Å². The molecule has 1 aliphatic heterocycles. The predicted molar refractivity (Wildman–Crippen MR) is 69.4 cm³/mol. The molecule has 0 spiro atoms. The number of ether oxygens (including phenoxy) is 1. The van der Waals surface area contributed by atoms with E-state index in [4.69, 9.17) is 4.74 Å². The normalized spacial score (nSPS) is 14.3. The minimum atomic E-state index is 0. The zero-order chi connectivity index (χ0) is 9.97. The highest BCUT2D eigenvalue weighted by Crippen LogP contribution is 2.35. The van der Waals surface area contributed by atoms with Crippen molar-refractivity contribution in [1.29, 1.82) is 0 Å². The second-order valence-corrected chi connectivity index (χ2v) is 4.28. The highest BCUT2D eigenvalue weighted by Gasteiger charge is 2.13. The molecular weight excluding hydrogens is 277 g/mol. The predicted octanol–water partition coefficient (Wildman–Crippen LogP) is 3.63. The molecule has 0 amide bonds. The third-order valence-corrected chi connectivity index (χ3v) is 3.47. The number of hydrogen-bond acceptors (Lipinski definition) is 2. The summed E-state index contributed by atoms with van der Waals surface area (Å²) < 4.78 is 6.38. The van der Waals surface area contributed by atoms with Crippen molar-refractivity contribution in [1.82, 2.24) is 0 Å². The molecule has 15 heavy (non-hydrogen) atoms.